The van der Waals surface area contributed by atoms with Crippen LogP contribution in [0.5, 0.6) is 0 Å². The van der Waals surface area contributed by atoms with Crippen LogP contribution in [0.2, 0.25) is 0 Å². The van der Waals surface area contributed by atoms with Crippen molar-refractivity contribution in [2.24, 2.45) is 0 Å². The van der Waals surface area contributed by atoms with Crippen molar-refractivity contribution in [2.45, 2.75) is 20.4 Å². The van der Waals surface area contributed by atoms with Gasteiger partial charge >= 0.3 is 0 Å². The standard InChI is InChI=1S/C26H24N4O2/c1-18-24(19(2)30(29-18)23-11-7-4-8-12-23)17-27-25(31)21-13-15-22(16-14-21)28-26(32)20-9-5-3-6-10-20/h3-16H,17H2,1-2H3,(H,27,31)(H,28,32). The van der Waals surface area contributed by atoms with Crippen molar-refractivity contribution < 1.29 is 9.59 Å². The summed E-state index contributed by atoms with van der Waals surface area (Å²) in [5.41, 5.74) is 5.59. The molecular formula is C26H24N4O2. The molecule has 1 heterocycles. The Morgan fingerprint density at radius 1 is 0.781 bits per heavy atom. The summed E-state index contributed by atoms with van der Waals surface area (Å²) in [4.78, 5) is 24.9. The summed E-state index contributed by atoms with van der Waals surface area (Å²) in [5, 5.41) is 10.4. The van der Waals surface area contributed by atoms with E-state index in [1.807, 2.05) is 67.1 Å². The Morgan fingerprint density at radius 2 is 1.38 bits per heavy atom. The van der Waals surface area contributed by atoms with Crippen molar-refractivity contribution >= 4 is 17.5 Å². The lowest BCUT2D eigenvalue weighted by atomic mass is 10.1. The van der Waals surface area contributed by atoms with E-state index in [0.717, 1.165) is 22.6 Å². The van der Waals surface area contributed by atoms with Gasteiger partial charge < -0.3 is 10.6 Å². The second-order valence-corrected chi connectivity index (χ2v) is 7.48. The summed E-state index contributed by atoms with van der Waals surface area (Å²) in [6.45, 7) is 4.33. The van der Waals surface area contributed by atoms with Gasteiger partial charge in [0.15, 0.2) is 0 Å². The van der Waals surface area contributed by atoms with E-state index in [9.17, 15) is 9.59 Å². The van der Waals surface area contributed by atoms with Crippen molar-refractivity contribution in [2.75, 3.05) is 5.32 Å². The number of amides is 2. The van der Waals surface area contributed by atoms with Crippen molar-refractivity contribution in [3.05, 3.63) is 113 Å². The summed E-state index contributed by atoms with van der Waals surface area (Å²) < 4.78 is 1.89. The van der Waals surface area contributed by atoms with Crippen LogP contribution >= 0.6 is 0 Å². The molecule has 160 valence electrons. The zero-order valence-corrected chi connectivity index (χ0v) is 18.0. The van der Waals surface area contributed by atoms with Gasteiger partial charge in [0.25, 0.3) is 11.8 Å². The minimum Gasteiger partial charge on any atom is -0.348 e. The zero-order chi connectivity index (χ0) is 22.5. The lowest BCUT2D eigenvalue weighted by Gasteiger charge is -2.09. The Hall–Kier alpha value is -4.19. The van der Waals surface area contributed by atoms with E-state index in [0.29, 0.717) is 23.4 Å². The molecule has 0 bridgehead atoms. The minimum absolute atomic E-state index is 0.183. The number of nitrogens with one attached hydrogen (secondary N) is 2. The monoisotopic (exact) mass is 424 g/mol. The second kappa shape index (κ2) is 9.31. The van der Waals surface area contributed by atoms with Crippen molar-refractivity contribution in [1.29, 1.82) is 0 Å². The number of aryl methyl sites for hydroxylation is 1. The smallest absolute Gasteiger partial charge is 0.255 e. The highest BCUT2D eigenvalue weighted by atomic mass is 16.2. The molecule has 3 aromatic carbocycles. The maximum Gasteiger partial charge on any atom is 0.255 e. The number of anilines is 1. The molecule has 0 fully saturated rings. The van der Waals surface area contributed by atoms with Crippen LogP contribution in [0.4, 0.5) is 5.69 Å². The molecule has 6 nitrogen and oxygen atoms in total. The molecule has 0 aliphatic carbocycles. The summed E-state index contributed by atoms with van der Waals surface area (Å²) in [6.07, 6.45) is 0. The summed E-state index contributed by atoms with van der Waals surface area (Å²) >= 11 is 0. The maximum atomic E-state index is 12.6. The number of para-hydroxylation sites is 1. The average Bonchev–Trinajstić information content (AvgIpc) is 3.12. The second-order valence-electron chi connectivity index (χ2n) is 7.48. The topological polar surface area (TPSA) is 76.0 Å². The van der Waals surface area contributed by atoms with Crippen LogP contribution in [0, 0.1) is 13.8 Å². The van der Waals surface area contributed by atoms with Gasteiger partial charge in [0.05, 0.1) is 11.4 Å². The van der Waals surface area contributed by atoms with Gasteiger partial charge in [0.1, 0.15) is 0 Å². The lowest BCUT2D eigenvalue weighted by molar-refractivity contribution is 0.0950. The predicted molar refractivity (Wildman–Crippen MR) is 125 cm³/mol. The van der Waals surface area contributed by atoms with Gasteiger partial charge in [-0.1, -0.05) is 36.4 Å². The summed E-state index contributed by atoms with van der Waals surface area (Å²) in [7, 11) is 0. The molecule has 0 spiro atoms. The minimum atomic E-state index is -0.191. The van der Waals surface area contributed by atoms with Gasteiger partial charge in [-0.05, 0) is 62.4 Å². The van der Waals surface area contributed by atoms with Crippen LogP contribution in [0.25, 0.3) is 5.69 Å². The molecule has 0 unspecified atom stereocenters. The Kier molecular flexibility index (Phi) is 6.12. The van der Waals surface area contributed by atoms with Crippen LogP contribution in [-0.2, 0) is 6.54 Å². The van der Waals surface area contributed by atoms with Gasteiger partial charge in [-0.15, -0.1) is 0 Å². The van der Waals surface area contributed by atoms with Gasteiger partial charge in [0, 0.05) is 34.6 Å². The first kappa shape index (κ1) is 21.1. The first-order valence-corrected chi connectivity index (χ1v) is 10.4. The van der Waals surface area contributed by atoms with Gasteiger partial charge in [-0.3, -0.25) is 9.59 Å². The molecule has 4 rings (SSSR count). The van der Waals surface area contributed by atoms with Crippen molar-refractivity contribution in [3.8, 4) is 5.69 Å². The molecule has 0 saturated carbocycles. The molecule has 32 heavy (non-hydrogen) atoms. The fourth-order valence-corrected chi connectivity index (χ4v) is 3.52. The maximum absolute atomic E-state index is 12.6. The third kappa shape index (κ3) is 4.59. The SMILES string of the molecule is Cc1nn(-c2ccccc2)c(C)c1CNC(=O)c1ccc(NC(=O)c2ccccc2)cc1. The first-order valence-electron chi connectivity index (χ1n) is 10.4. The Labute approximate surface area is 186 Å². The van der Waals surface area contributed by atoms with E-state index in [1.165, 1.54) is 0 Å². The van der Waals surface area contributed by atoms with E-state index in [-0.39, 0.29) is 11.8 Å². The molecule has 0 atom stereocenters. The van der Waals surface area contributed by atoms with Crippen LogP contribution in [-0.4, -0.2) is 21.6 Å². The molecule has 4 aromatic rings. The molecule has 0 saturated heterocycles. The van der Waals surface area contributed by atoms with Crippen LogP contribution in [0.3, 0.4) is 0 Å². The molecular weight excluding hydrogens is 400 g/mol. The summed E-state index contributed by atoms with van der Waals surface area (Å²) in [6, 6.07) is 25.7. The van der Waals surface area contributed by atoms with Crippen molar-refractivity contribution in [3.63, 3.8) is 0 Å². The molecule has 0 aliphatic heterocycles. The van der Waals surface area contributed by atoms with E-state index in [1.54, 1.807) is 36.4 Å². The van der Waals surface area contributed by atoms with Gasteiger partial charge in [-0.25, -0.2) is 4.68 Å². The first-order chi connectivity index (χ1) is 15.5. The van der Waals surface area contributed by atoms with E-state index >= 15 is 0 Å². The number of aromatic nitrogens is 2. The number of rotatable bonds is 6. The van der Waals surface area contributed by atoms with Crippen molar-refractivity contribution in [1.82, 2.24) is 15.1 Å². The normalized spacial score (nSPS) is 10.6. The van der Waals surface area contributed by atoms with Crippen LogP contribution < -0.4 is 10.6 Å². The highest BCUT2D eigenvalue weighted by Gasteiger charge is 2.14. The predicted octanol–water partition coefficient (Wildman–Crippen LogP) is 4.67. The molecule has 0 radical (unpaired) electrons. The Morgan fingerprint density at radius 3 is 2.03 bits per heavy atom. The number of carbonyl (C=O) groups excluding carboxylic acids is 2. The Balaban J connectivity index is 1.40. The summed E-state index contributed by atoms with van der Waals surface area (Å²) in [5.74, 6) is -0.374. The molecule has 2 N–H and O–H groups in total. The molecule has 2 amide bonds. The molecule has 6 heteroatoms. The number of benzene rings is 3. The third-order valence-corrected chi connectivity index (χ3v) is 5.31. The van der Waals surface area contributed by atoms with Crippen LogP contribution in [0.15, 0.2) is 84.9 Å². The zero-order valence-electron chi connectivity index (χ0n) is 18.0. The fourth-order valence-electron chi connectivity index (χ4n) is 3.52. The Bertz CT molecular complexity index is 1230. The fraction of sp³-hybridized carbons (Fsp3) is 0.115. The van der Waals surface area contributed by atoms with Gasteiger partial charge in [0.2, 0.25) is 0 Å². The van der Waals surface area contributed by atoms with Crippen LogP contribution in [0.1, 0.15) is 37.7 Å². The van der Waals surface area contributed by atoms with E-state index < -0.39 is 0 Å². The number of nitrogens with zero attached hydrogens (tertiary/aromatic N) is 2. The van der Waals surface area contributed by atoms with Gasteiger partial charge in [-0.2, -0.15) is 5.10 Å². The quantitative estimate of drug-likeness (QED) is 0.472. The highest BCUT2D eigenvalue weighted by Crippen LogP contribution is 2.18. The number of hydrogen-bond donors (Lipinski definition) is 2. The largest absolute Gasteiger partial charge is 0.348 e. The highest BCUT2D eigenvalue weighted by molar-refractivity contribution is 6.04. The lowest BCUT2D eigenvalue weighted by Crippen LogP contribution is -2.23. The third-order valence-electron chi connectivity index (χ3n) is 5.31. The number of carbonyl (C=O) groups is 2. The van der Waals surface area contributed by atoms with E-state index in [4.69, 9.17) is 0 Å². The molecule has 1 aromatic heterocycles. The van der Waals surface area contributed by atoms with E-state index in [2.05, 4.69) is 15.7 Å². The average molecular weight is 425 g/mol. The molecule has 0 aliphatic rings. The number of hydrogen-bond acceptors (Lipinski definition) is 3.